The van der Waals surface area contributed by atoms with Gasteiger partial charge in [-0.25, -0.2) is 4.68 Å². The van der Waals surface area contributed by atoms with Crippen molar-refractivity contribution in [1.29, 1.82) is 0 Å². The van der Waals surface area contributed by atoms with Crippen LogP contribution in [0.4, 0.5) is 0 Å². The minimum absolute atomic E-state index is 0.0325. The van der Waals surface area contributed by atoms with Gasteiger partial charge >= 0.3 is 0 Å². The SMILES string of the molecule is CCC[C@H](C)NC(=O)CSc1nnc(-c2ccc(OC)cc2)n1N. The second-order valence-corrected chi connectivity index (χ2v) is 6.39. The summed E-state index contributed by atoms with van der Waals surface area (Å²) >= 11 is 1.27. The second kappa shape index (κ2) is 8.58. The summed E-state index contributed by atoms with van der Waals surface area (Å²) in [5.41, 5.74) is 0.832. The van der Waals surface area contributed by atoms with Crippen LogP contribution in [0.1, 0.15) is 26.7 Å². The zero-order valence-corrected chi connectivity index (χ0v) is 15.0. The Kier molecular flexibility index (Phi) is 6.48. The number of nitrogen functional groups attached to an aromatic ring is 1. The molecule has 24 heavy (non-hydrogen) atoms. The van der Waals surface area contributed by atoms with E-state index < -0.39 is 0 Å². The number of carbonyl (C=O) groups is 1. The summed E-state index contributed by atoms with van der Waals surface area (Å²) in [4.78, 5) is 11.9. The number of methoxy groups -OCH3 is 1. The second-order valence-electron chi connectivity index (χ2n) is 5.45. The summed E-state index contributed by atoms with van der Waals surface area (Å²) in [5.74, 6) is 7.57. The Morgan fingerprint density at radius 3 is 2.71 bits per heavy atom. The molecule has 0 aliphatic rings. The first kappa shape index (κ1) is 18.1. The first-order valence-electron chi connectivity index (χ1n) is 7.82. The Morgan fingerprint density at radius 1 is 1.38 bits per heavy atom. The van der Waals surface area contributed by atoms with Crippen LogP contribution in [0.5, 0.6) is 5.75 Å². The summed E-state index contributed by atoms with van der Waals surface area (Å²) in [6.45, 7) is 4.09. The number of nitrogens with zero attached hydrogens (tertiary/aromatic N) is 3. The molecule has 1 aromatic heterocycles. The number of nitrogens with two attached hydrogens (primary N) is 1. The van der Waals surface area contributed by atoms with Gasteiger partial charge < -0.3 is 15.9 Å². The smallest absolute Gasteiger partial charge is 0.230 e. The van der Waals surface area contributed by atoms with Crippen LogP contribution in [0.15, 0.2) is 29.4 Å². The fourth-order valence-corrected chi connectivity index (χ4v) is 2.93. The third-order valence-electron chi connectivity index (χ3n) is 3.47. The van der Waals surface area contributed by atoms with Crippen LogP contribution in [0.25, 0.3) is 11.4 Å². The van der Waals surface area contributed by atoms with E-state index >= 15 is 0 Å². The summed E-state index contributed by atoms with van der Waals surface area (Å²) in [7, 11) is 1.61. The van der Waals surface area contributed by atoms with Gasteiger partial charge in [-0.05, 0) is 37.6 Å². The molecule has 0 fully saturated rings. The van der Waals surface area contributed by atoms with Crippen molar-refractivity contribution >= 4 is 17.7 Å². The molecule has 0 spiro atoms. The number of thioether (sulfide) groups is 1. The third-order valence-corrected chi connectivity index (χ3v) is 4.42. The number of ether oxygens (including phenoxy) is 1. The van der Waals surface area contributed by atoms with Crippen LogP contribution in [-0.4, -0.2) is 39.7 Å². The molecular weight excluding hydrogens is 326 g/mol. The van der Waals surface area contributed by atoms with E-state index in [-0.39, 0.29) is 17.7 Å². The highest BCUT2D eigenvalue weighted by Crippen LogP contribution is 2.23. The van der Waals surface area contributed by atoms with E-state index in [1.807, 2.05) is 31.2 Å². The molecular formula is C16H23N5O2S. The van der Waals surface area contributed by atoms with Crippen LogP contribution < -0.4 is 15.9 Å². The Labute approximate surface area is 145 Å². The van der Waals surface area contributed by atoms with Crippen molar-refractivity contribution in [3.8, 4) is 17.1 Å². The number of amides is 1. The van der Waals surface area contributed by atoms with Crippen molar-refractivity contribution in [2.75, 3.05) is 18.7 Å². The summed E-state index contributed by atoms with van der Waals surface area (Å²) in [6.07, 6.45) is 2.00. The summed E-state index contributed by atoms with van der Waals surface area (Å²) in [6, 6.07) is 7.56. The lowest BCUT2D eigenvalue weighted by Gasteiger charge is -2.12. The van der Waals surface area contributed by atoms with Gasteiger partial charge in [-0.3, -0.25) is 4.79 Å². The van der Waals surface area contributed by atoms with Gasteiger partial charge in [0.2, 0.25) is 11.1 Å². The highest BCUT2D eigenvalue weighted by molar-refractivity contribution is 7.99. The Hall–Kier alpha value is -2.22. The van der Waals surface area contributed by atoms with Crippen LogP contribution >= 0.6 is 11.8 Å². The predicted octanol–water partition coefficient (Wildman–Crippen LogP) is 2.06. The molecule has 0 unspecified atom stereocenters. The molecule has 0 saturated carbocycles. The van der Waals surface area contributed by atoms with Gasteiger partial charge in [-0.1, -0.05) is 25.1 Å². The zero-order valence-electron chi connectivity index (χ0n) is 14.2. The molecule has 2 rings (SSSR count). The number of rotatable bonds is 8. The molecule has 0 saturated heterocycles. The lowest BCUT2D eigenvalue weighted by atomic mass is 10.2. The van der Waals surface area contributed by atoms with E-state index in [0.717, 1.165) is 24.2 Å². The Balaban J connectivity index is 1.98. The van der Waals surface area contributed by atoms with E-state index in [0.29, 0.717) is 11.0 Å². The van der Waals surface area contributed by atoms with Crippen LogP contribution in [0, 0.1) is 0 Å². The Morgan fingerprint density at radius 2 is 2.08 bits per heavy atom. The van der Waals surface area contributed by atoms with Crippen LogP contribution in [0.3, 0.4) is 0 Å². The molecule has 1 heterocycles. The maximum atomic E-state index is 11.9. The zero-order chi connectivity index (χ0) is 17.5. The summed E-state index contributed by atoms with van der Waals surface area (Å²) in [5, 5.41) is 11.6. The van der Waals surface area contributed by atoms with E-state index in [2.05, 4.69) is 22.4 Å². The van der Waals surface area contributed by atoms with Crippen LogP contribution in [-0.2, 0) is 4.79 Å². The van der Waals surface area contributed by atoms with E-state index in [1.54, 1.807) is 7.11 Å². The number of benzene rings is 1. The van der Waals surface area contributed by atoms with E-state index in [9.17, 15) is 4.79 Å². The van der Waals surface area contributed by atoms with Crippen molar-refractivity contribution < 1.29 is 9.53 Å². The molecule has 7 nitrogen and oxygen atoms in total. The van der Waals surface area contributed by atoms with Crippen molar-refractivity contribution in [3.05, 3.63) is 24.3 Å². The molecule has 8 heteroatoms. The molecule has 1 aromatic carbocycles. The summed E-state index contributed by atoms with van der Waals surface area (Å²) < 4.78 is 6.53. The quantitative estimate of drug-likeness (QED) is 0.559. The number of nitrogens with one attached hydrogen (secondary N) is 1. The minimum atomic E-state index is -0.0325. The van der Waals surface area contributed by atoms with Crippen molar-refractivity contribution in [2.24, 2.45) is 0 Å². The fourth-order valence-electron chi connectivity index (χ4n) is 2.26. The predicted molar refractivity (Wildman–Crippen MR) is 95.4 cm³/mol. The van der Waals surface area contributed by atoms with Gasteiger partial charge in [0.25, 0.3) is 0 Å². The molecule has 1 atom stereocenters. The fraction of sp³-hybridized carbons (Fsp3) is 0.438. The highest BCUT2D eigenvalue weighted by atomic mass is 32.2. The largest absolute Gasteiger partial charge is 0.497 e. The molecule has 0 aliphatic carbocycles. The normalized spacial score (nSPS) is 12.0. The molecule has 0 bridgehead atoms. The molecule has 0 aliphatic heterocycles. The van der Waals surface area contributed by atoms with Crippen molar-refractivity contribution in [2.45, 2.75) is 37.9 Å². The average molecular weight is 349 g/mol. The maximum Gasteiger partial charge on any atom is 0.230 e. The topological polar surface area (TPSA) is 95.1 Å². The van der Waals surface area contributed by atoms with Gasteiger partial charge in [0, 0.05) is 11.6 Å². The third kappa shape index (κ3) is 4.64. The number of aromatic nitrogens is 3. The monoisotopic (exact) mass is 349 g/mol. The molecule has 0 radical (unpaired) electrons. The first-order valence-corrected chi connectivity index (χ1v) is 8.80. The first-order chi connectivity index (χ1) is 11.5. The minimum Gasteiger partial charge on any atom is -0.497 e. The molecule has 130 valence electrons. The van der Waals surface area contributed by atoms with Crippen molar-refractivity contribution in [1.82, 2.24) is 20.2 Å². The van der Waals surface area contributed by atoms with Gasteiger partial charge in [0.1, 0.15) is 5.75 Å². The standard InChI is InChI=1S/C16H23N5O2S/c1-4-5-11(2)18-14(22)10-24-16-20-19-15(21(16)17)12-6-8-13(23-3)9-7-12/h6-9,11H,4-5,10,17H2,1-3H3,(H,18,22)/t11-/m0/s1. The van der Waals surface area contributed by atoms with Gasteiger partial charge in [-0.2, -0.15) is 0 Å². The number of carbonyl (C=O) groups excluding carboxylic acids is 1. The van der Waals surface area contributed by atoms with Crippen LogP contribution in [0.2, 0.25) is 0 Å². The van der Waals surface area contributed by atoms with E-state index in [1.165, 1.54) is 16.4 Å². The Bertz CT molecular complexity index is 672. The lowest BCUT2D eigenvalue weighted by Crippen LogP contribution is -2.33. The highest BCUT2D eigenvalue weighted by Gasteiger charge is 2.14. The number of hydrogen-bond donors (Lipinski definition) is 2. The average Bonchev–Trinajstić information content (AvgIpc) is 2.94. The molecule has 3 N–H and O–H groups in total. The van der Waals surface area contributed by atoms with Gasteiger partial charge in [0.15, 0.2) is 5.82 Å². The van der Waals surface area contributed by atoms with Gasteiger partial charge in [-0.15, -0.1) is 10.2 Å². The van der Waals surface area contributed by atoms with Crippen molar-refractivity contribution in [3.63, 3.8) is 0 Å². The van der Waals surface area contributed by atoms with E-state index in [4.69, 9.17) is 10.6 Å². The molecule has 1 amide bonds. The molecule has 2 aromatic rings. The number of hydrogen-bond acceptors (Lipinski definition) is 6. The maximum absolute atomic E-state index is 11.9. The van der Waals surface area contributed by atoms with Gasteiger partial charge in [0.05, 0.1) is 12.9 Å². The lowest BCUT2D eigenvalue weighted by molar-refractivity contribution is -0.119.